The molecule has 0 saturated heterocycles. The molecule has 2 heteroatoms. The molecule has 0 aromatic heterocycles. The average Bonchev–Trinajstić information content (AvgIpc) is 2.55. The molecule has 0 radical (unpaired) electrons. The predicted octanol–water partition coefficient (Wildman–Crippen LogP) is 4.31. The van der Waals surface area contributed by atoms with Gasteiger partial charge in [-0.25, -0.2) is 0 Å². The highest BCUT2D eigenvalue weighted by molar-refractivity contribution is 5.07. The van der Waals surface area contributed by atoms with Crippen LogP contribution in [0.3, 0.4) is 0 Å². The van der Waals surface area contributed by atoms with E-state index in [4.69, 9.17) is 0 Å². The first kappa shape index (κ1) is 17.3. The lowest BCUT2D eigenvalue weighted by atomic mass is 9.45. The van der Waals surface area contributed by atoms with E-state index in [2.05, 4.69) is 45.3 Å². The molecule has 0 aliphatic heterocycles. The standard InChI is InChI=1S/C22H40N2/c1-14-18-11-17(22(18,4)5)12-20(14)24-9-8-23-13-15-6-7-16-10-19(15)21(16,2)3/h14-20,23-24H,6-13H2,1-5H3/t14-,15+,16-,17-,18+,19+,20-/m1/s1. The smallest absolute Gasteiger partial charge is 0.00989 e. The van der Waals surface area contributed by atoms with E-state index in [1.54, 1.807) is 0 Å². The molecule has 138 valence electrons. The van der Waals surface area contributed by atoms with Crippen molar-refractivity contribution in [1.29, 1.82) is 0 Å². The minimum Gasteiger partial charge on any atom is -0.315 e. The van der Waals surface area contributed by atoms with Crippen molar-refractivity contribution in [3.8, 4) is 0 Å². The topological polar surface area (TPSA) is 24.1 Å². The minimum absolute atomic E-state index is 0.615. The van der Waals surface area contributed by atoms with E-state index in [1.807, 2.05) is 0 Å². The third-order valence-electron chi connectivity index (χ3n) is 9.47. The van der Waals surface area contributed by atoms with Gasteiger partial charge < -0.3 is 10.6 Å². The van der Waals surface area contributed by atoms with Gasteiger partial charge in [0.1, 0.15) is 0 Å². The number of nitrogens with one attached hydrogen (secondary N) is 2. The van der Waals surface area contributed by atoms with Gasteiger partial charge in [0, 0.05) is 19.1 Å². The van der Waals surface area contributed by atoms with Crippen LogP contribution in [0.5, 0.6) is 0 Å². The van der Waals surface area contributed by atoms with Crippen molar-refractivity contribution in [1.82, 2.24) is 10.6 Å². The SMILES string of the molecule is C[C@H]1[C@H](NCCNC[C@@H]2CC[C@@H]3C[C@@H]2C3(C)C)C[C@H]2C[C@@H]1C2(C)C. The van der Waals surface area contributed by atoms with Gasteiger partial charge in [-0.1, -0.05) is 34.6 Å². The summed E-state index contributed by atoms with van der Waals surface area (Å²) < 4.78 is 0. The fourth-order valence-corrected chi connectivity index (χ4v) is 7.26. The quantitative estimate of drug-likeness (QED) is 0.708. The Morgan fingerprint density at radius 3 is 2.17 bits per heavy atom. The maximum Gasteiger partial charge on any atom is 0.00989 e. The van der Waals surface area contributed by atoms with Crippen LogP contribution in [0.15, 0.2) is 0 Å². The van der Waals surface area contributed by atoms with Crippen LogP contribution in [0.1, 0.15) is 66.7 Å². The van der Waals surface area contributed by atoms with Crippen molar-refractivity contribution in [3.63, 3.8) is 0 Å². The molecular formula is C22H40N2. The summed E-state index contributed by atoms with van der Waals surface area (Å²) in [6, 6.07) is 0.768. The molecule has 0 amide bonds. The first-order chi connectivity index (χ1) is 11.3. The Kier molecular flexibility index (Phi) is 4.32. The van der Waals surface area contributed by atoms with Crippen molar-refractivity contribution in [3.05, 3.63) is 0 Å². The summed E-state index contributed by atoms with van der Waals surface area (Å²) in [5.74, 6) is 5.74. The largest absolute Gasteiger partial charge is 0.315 e. The van der Waals surface area contributed by atoms with Crippen LogP contribution in [-0.2, 0) is 0 Å². The van der Waals surface area contributed by atoms with E-state index >= 15 is 0 Å². The maximum absolute atomic E-state index is 3.88. The third-order valence-corrected chi connectivity index (χ3v) is 9.47. The Balaban J connectivity index is 1.15. The van der Waals surface area contributed by atoms with E-state index in [9.17, 15) is 0 Å². The number of rotatable bonds is 6. The van der Waals surface area contributed by atoms with Crippen LogP contribution in [0.25, 0.3) is 0 Å². The van der Waals surface area contributed by atoms with E-state index < -0.39 is 0 Å². The van der Waals surface area contributed by atoms with Gasteiger partial charge in [-0.2, -0.15) is 0 Å². The lowest BCUT2D eigenvalue weighted by Gasteiger charge is -2.62. The van der Waals surface area contributed by atoms with E-state index in [1.165, 1.54) is 38.6 Å². The fraction of sp³-hybridized carbons (Fsp3) is 1.00. The van der Waals surface area contributed by atoms with Crippen molar-refractivity contribution >= 4 is 0 Å². The van der Waals surface area contributed by atoms with Crippen molar-refractivity contribution < 1.29 is 0 Å². The molecule has 6 aliphatic carbocycles. The van der Waals surface area contributed by atoms with Crippen LogP contribution < -0.4 is 10.6 Å². The van der Waals surface area contributed by atoms with Crippen LogP contribution in [0.2, 0.25) is 0 Å². The summed E-state index contributed by atoms with van der Waals surface area (Å²) in [7, 11) is 0. The molecule has 6 saturated carbocycles. The second-order valence-electron chi connectivity index (χ2n) is 10.9. The molecule has 2 N–H and O–H groups in total. The number of fused-ring (bicyclic) bond motifs is 4. The molecule has 6 aliphatic rings. The molecule has 0 aromatic rings. The predicted molar refractivity (Wildman–Crippen MR) is 102 cm³/mol. The van der Waals surface area contributed by atoms with Gasteiger partial charge in [-0.05, 0) is 85.0 Å². The summed E-state index contributed by atoms with van der Waals surface area (Å²) in [5, 5.41) is 7.66. The molecule has 24 heavy (non-hydrogen) atoms. The first-order valence-corrected chi connectivity index (χ1v) is 10.8. The molecular weight excluding hydrogens is 292 g/mol. The highest BCUT2D eigenvalue weighted by atomic mass is 15.0. The lowest BCUT2D eigenvalue weighted by Crippen LogP contribution is -2.60. The molecule has 0 heterocycles. The van der Waals surface area contributed by atoms with E-state index in [-0.39, 0.29) is 0 Å². The molecule has 7 atom stereocenters. The van der Waals surface area contributed by atoms with Gasteiger partial charge in [0.05, 0.1) is 0 Å². The fourth-order valence-electron chi connectivity index (χ4n) is 7.26. The Bertz CT molecular complexity index is 467. The number of hydrogen-bond acceptors (Lipinski definition) is 2. The normalized spacial score (nSPS) is 47.6. The molecule has 0 aromatic carbocycles. The van der Waals surface area contributed by atoms with Crippen LogP contribution >= 0.6 is 0 Å². The zero-order valence-electron chi connectivity index (χ0n) is 16.7. The molecule has 4 bridgehead atoms. The Labute approximate surface area is 149 Å². The third kappa shape index (κ3) is 2.58. The molecule has 0 spiro atoms. The van der Waals surface area contributed by atoms with E-state index in [0.717, 1.165) is 54.6 Å². The van der Waals surface area contributed by atoms with Gasteiger partial charge in [0.15, 0.2) is 0 Å². The van der Waals surface area contributed by atoms with Crippen LogP contribution in [0, 0.1) is 46.3 Å². The highest BCUT2D eigenvalue weighted by Gasteiger charge is 2.56. The summed E-state index contributed by atoms with van der Waals surface area (Å²) >= 11 is 0. The van der Waals surface area contributed by atoms with E-state index in [0.29, 0.717) is 10.8 Å². The second kappa shape index (κ2) is 5.98. The molecule has 6 rings (SSSR count). The average molecular weight is 333 g/mol. The molecule has 0 unspecified atom stereocenters. The second-order valence-corrected chi connectivity index (χ2v) is 10.9. The Hall–Kier alpha value is -0.0800. The van der Waals surface area contributed by atoms with Crippen LogP contribution in [0.4, 0.5) is 0 Å². The van der Waals surface area contributed by atoms with Gasteiger partial charge >= 0.3 is 0 Å². The number of hydrogen-bond donors (Lipinski definition) is 2. The van der Waals surface area contributed by atoms with Gasteiger partial charge in [-0.3, -0.25) is 0 Å². The van der Waals surface area contributed by atoms with Crippen molar-refractivity contribution in [2.45, 2.75) is 72.8 Å². The van der Waals surface area contributed by atoms with Gasteiger partial charge in [0.25, 0.3) is 0 Å². The van der Waals surface area contributed by atoms with Crippen molar-refractivity contribution in [2.75, 3.05) is 19.6 Å². The van der Waals surface area contributed by atoms with Crippen LogP contribution in [-0.4, -0.2) is 25.7 Å². The highest BCUT2D eigenvalue weighted by Crippen LogP contribution is 2.62. The van der Waals surface area contributed by atoms with Crippen molar-refractivity contribution in [2.24, 2.45) is 46.3 Å². The zero-order chi connectivity index (χ0) is 17.1. The zero-order valence-corrected chi connectivity index (χ0v) is 16.7. The summed E-state index contributed by atoms with van der Waals surface area (Å²) in [6.45, 7) is 16.1. The summed E-state index contributed by atoms with van der Waals surface area (Å²) in [5.41, 5.74) is 1.25. The Morgan fingerprint density at radius 2 is 1.54 bits per heavy atom. The Morgan fingerprint density at radius 1 is 0.833 bits per heavy atom. The first-order valence-electron chi connectivity index (χ1n) is 10.8. The monoisotopic (exact) mass is 332 g/mol. The summed E-state index contributed by atoms with van der Waals surface area (Å²) in [4.78, 5) is 0. The molecule has 2 nitrogen and oxygen atoms in total. The van der Waals surface area contributed by atoms with Gasteiger partial charge in [0.2, 0.25) is 0 Å². The minimum atomic E-state index is 0.615. The lowest BCUT2D eigenvalue weighted by molar-refractivity contribution is -0.115. The molecule has 6 fully saturated rings. The van der Waals surface area contributed by atoms with Gasteiger partial charge in [-0.15, -0.1) is 0 Å². The summed E-state index contributed by atoms with van der Waals surface area (Å²) in [6.07, 6.45) is 7.36. The maximum atomic E-state index is 3.88.